The summed E-state index contributed by atoms with van der Waals surface area (Å²) in [6.07, 6.45) is 5.54. The fourth-order valence-corrected chi connectivity index (χ4v) is 4.56. The molecule has 0 spiro atoms. The van der Waals surface area contributed by atoms with Gasteiger partial charge in [0.2, 0.25) is 0 Å². The lowest BCUT2D eigenvalue weighted by Crippen LogP contribution is -2.22. The monoisotopic (exact) mass is 372 g/mol. The smallest absolute Gasteiger partial charge is 0.274 e. The van der Waals surface area contributed by atoms with Crippen LogP contribution in [0.15, 0.2) is 59.7 Å². The Balaban J connectivity index is 1.72. The van der Waals surface area contributed by atoms with Crippen LogP contribution in [-0.2, 0) is 0 Å². The Morgan fingerprint density at radius 3 is 2.67 bits per heavy atom. The molecule has 0 atom stereocenters. The van der Waals surface area contributed by atoms with Gasteiger partial charge in [-0.25, -0.2) is 9.38 Å². The van der Waals surface area contributed by atoms with Crippen LogP contribution >= 0.6 is 11.3 Å². The second kappa shape index (κ2) is 5.89. The maximum Gasteiger partial charge on any atom is 0.274 e. The molecule has 0 unspecified atom stereocenters. The number of aryl methyl sites for hydroxylation is 1. The number of aromatic nitrogens is 4. The number of benzene rings is 1. The van der Waals surface area contributed by atoms with E-state index < -0.39 is 0 Å². The minimum Gasteiger partial charge on any atom is -0.318 e. The molecular weight excluding hydrogens is 356 g/mol. The quantitative estimate of drug-likeness (QED) is 0.478. The number of imidazole rings is 1. The SMILES string of the molecule is Cc1cc(/C=c2\sc3nc4ccccc4n3c2=O)c(C)n1-c1ccncc1. The van der Waals surface area contributed by atoms with Crippen molar-refractivity contribution < 1.29 is 0 Å². The highest BCUT2D eigenvalue weighted by Crippen LogP contribution is 2.21. The first-order valence-corrected chi connectivity index (χ1v) is 9.46. The molecule has 5 rings (SSSR count). The second-order valence-corrected chi connectivity index (χ2v) is 7.51. The van der Waals surface area contributed by atoms with Crippen LogP contribution in [0.25, 0.3) is 27.8 Å². The molecule has 0 saturated heterocycles. The van der Waals surface area contributed by atoms with Crippen LogP contribution < -0.4 is 10.1 Å². The predicted octanol–water partition coefficient (Wildman–Crippen LogP) is 3.26. The first-order valence-electron chi connectivity index (χ1n) is 8.64. The van der Waals surface area contributed by atoms with Crippen molar-refractivity contribution in [1.82, 2.24) is 18.9 Å². The van der Waals surface area contributed by atoms with E-state index in [0.717, 1.165) is 38.6 Å². The van der Waals surface area contributed by atoms with Gasteiger partial charge in [-0.2, -0.15) is 0 Å². The standard InChI is InChI=1S/C21H16N4OS/c1-13-11-15(14(2)24(13)16-7-9-22-10-8-16)12-19-20(26)25-18-6-4-3-5-17(18)23-21(25)27-19/h3-12H,1-2H3/b19-12-. The van der Waals surface area contributed by atoms with Gasteiger partial charge in [0.15, 0.2) is 4.96 Å². The van der Waals surface area contributed by atoms with Gasteiger partial charge >= 0.3 is 0 Å². The Bertz CT molecular complexity index is 1410. The zero-order valence-electron chi connectivity index (χ0n) is 14.9. The molecule has 27 heavy (non-hydrogen) atoms. The van der Waals surface area contributed by atoms with Crippen molar-refractivity contribution in [3.63, 3.8) is 0 Å². The zero-order chi connectivity index (χ0) is 18.5. The summed E-state index contributed by atoms with van der Waals surface area (Å²) >= 11 is 1.43. The Labute approximate surface area is 158 Å². The van der Waals surface area contributed by atoms with Crippen LogP contribution in [-0.4, -0.2) is 18.9 Å². The second-order valence-electron chi connectivity index (χ2n) is 6.50. The first kappa shape index (κ1) is 16.0. The summed E-state index contributed by atoms with van der Waals surface area (Å²) < 4.78 is 4.57. The molecule has 0 N–H and O–H groups in total. The van der Waals surface area contributed by atoms with Crippen LogP contribution in [0.2, 0.25) is 0 Å². The normalized spacial score (nSPS) is 12.4. The molecule has 0 amide bonds. The number of hydrogen-bond donors (Lipinski definition) is 0. The lowest BCUT2D eigenvalue weighted by atomic mass is 10.2. The lowest BCUT2D eigenvalue weighted by molar-refractivity contribution is 0.960. The van der Waals surface area contributed by atoms with E-state index in [0.29, 0.717) is 4.53 Å². The minimum absolute atomic E-state index is 0.0163. The number of fused-ring (bicyclic) bond motifs is 3. The first-order chi connectivity index (χ1) is 13.1. The molecule has 5 aromatic rings. The van der Waals surface area contributed by atoms with E-state index in [1.807, 2.05) is 42.5 Å². The molecule has 6 heteroatoms. The van der Waals surface area contributed by atoms with E-state index in [2.05, 4.69) is 34.4 Å². The third kappa shape index (κ3) is 2.41. The van der Waals surface area contributed by atoms with Crippen LogP contribution in [0.5, 0.6) is 0 Å². The van der Waals surface area contributed by atoms with Crippen LogP contribution in [0.4, 0.5) is 0 Å². The van der Waals surface area contributed by atoms with E-state index in [1.165, 1.54) is 11.3 Å². The number of thiazole rings is 1. The molecule has 1 aromatic carbocycles. The third-order valence-corrected chi connectivity index (χ3v) is 5.79. The van der Waals surface area contributed by atoms with Gasteiger partial charge in [-0.1, -0.05) is 23.5 Å². The van der Waals surface area contributed by atoms with Crippen molar-refractivity contribution >= 4 is 33.4 Å². The van der Waals surface area contributed by atoms with Crippen LogP contribution in [0, 0.1) is 13.8 Å². The summed E-state index contributed by atoms with van der Waals surface area (Å²) in [6, 6.07) is 13.8. The molecule has 0 aliphatic carbocycles. The van der Waals surface area contributed by atoms with Gasteiger partial charge in [0.05, 0.1) is 15.6 Å². The highest BCUT2D eigenvalue weighted by molar-refractivity contribution is 7.15. The fraction of sp³-hybridized carbons (Fsp3) is 0.0952. The van der Waals surface area contributed by atoms with Crippen LogP contribution in [0.1, 0.15) is 17.0 Å². The fourth-order valence-electron chi connectivity index (χ4n) is 3.58. The third-order valence-electron chi connectivity index (χ3n) is 4.82. The Morgan fingerprint density at radius 1 is 1.07 bits per heavy atom. The summed E-state index contributed by atoms with van der Waals surface area (Å²) in [4.78, 5) is 22.4. The van der Waals surface area contributed by atoms with Gasteiger partial charge in [0, 0.05) is 29.5 Å². The molecule has 0 bridgehead atoms. The molecule has 132 valence electrons. The van der Waals surface area contributed by atoms with Gasteiger partial charge in [-0.15, -0.1) is 0 Å². The van der Waals surface area contributed by atoms with Crippen molar-refractivity contribution in [3.05, 3.63) is 86.7 Å². The molecule has 0 aliphatic rings. The molecule has 4 aromatic heterocycles. The minimum atomic E-state index is -0.0163. The van der Waals surface area contributed by atoms with Gasteiger partial charge in [0.25, 0.3) is 5.56 Å². The van der Waals surface area contributed by atoms with Gasteiger partial charge in [0.1, 0.15) is 0 Å². The van der Waals surface area contributed by atoms with Gasteiger partial charge in [-0.3, -0.25) is 9.78 Å². The van der Waals surface area contributed by atoms with Gasteiger partial charge in [-0.05, 0) is 55.8 Å². The zero-order valence-corrected chi connectivity index (χ0v) is 15.7. The average Bonchev–Trinajstić information content (AvgIpc) is 3.28. The van der Waals surface area contributed by atoms with E-state index >= 15 is 0 Å². The number of hydrogen-bond acceptors (Lipinski definition) is 4. The van der Waals surface area contributed by atoms with Crippen molar-refractivity contribution in [1.29, 1.82) is 0 Å². The predicted molar refractivity (Wildman–Crippen MR) is 109 cm³/mol. The lowest BCUT2D eigenvalue weighted by Gasteiger charge is -2.08. The molecule has 4 heterocycles. The number of pyridine rings is 1. The van der Waals surface area contributed by atoms with E-state index in [1.54, 1.807) is 16.8 Å². The Kier molecular flexibility index (Phi) is 3.48. The highest BCUT2D eigenvalue weighted by atomic mass is 32.1. The summed E-state index contributed by atoms with van der Waals surface area (Å²) in [5.74, 6) is 0. The van der Waals surface area contributed by atoms with E-state index in [4.69, 9.17) is 0 Å². The number of para-hydroxylation sites is 2. The molecule has 0 saturated carbocycles. The maximum absolute atomic E-state index is 13.0. The molecular formula is C21H16N4OS. The van der Waals surface area contributed by atoms with Crippen LogP contribution in [0.3, 0.4) is 0 Å². The van der Waals surface area contributed by atoms with Crippen molar-refractivity contribution in [2.45, 2.75) is 13.8 Å². The number of rotatable bonds is 2. The summed E-state index contributed by atoms with van der Waals surface area (Å²) in [5, 5.41) is 0. The molecule has 0 radical (unpaired) electrons. The summed E-state index contributed by atoms with van der Waals surface area (Å²) in [7, 11) is 0. The van der Waals surface area contributed by atoms with Crippen molar-refractivity contribution in [2.24, 2.45) is 0 Å². The van der Waals surface area contributed by atoms with E-state index in [-0.39, 0.29) is 5.56 Å². The molecule has 5 nitrogen and oxygen atoms in total. The molecule has 0 fully saturated rings. The summed E-state index contributed by atoms with van der Waals surface area (Å²) in [5.41, 5.74) is 6.00. The Morgan fingerprint density at radius 2 is 1.85 bits per heavy atom. The van der Waals surface area contributed by atoms with Crippen molar-refractivity contribution in [3.8, 4) is 5.69 Å². The summed E-state index contributed by atoms with van der Waals surface area (Å²) in [6.45, 7) is 4.13. The van der Waals surface area contributed by atoms with E-state index in [9.17, 15) is 4.79 Å². The molecule has 0 aliphatic heterocycles. The largest absolute Gasteiger partial charge is 0.318 e. The van der Waals surface area contributed by atoms with Gasteiger partial charge < -0.3 is 4.57 Å². The average molecular weight is 372 g/mol. The Hall–Kier alpha value is -3.25. The highest BCUT2D eigenvalue weighted by Gasteiger charge is 2.13. The maximum atomic E-state index is 13.0. The van der Waals surface area contributed by atoms with Crippen molar-refractivity contribution in [2.75, 3.05) is 0 Å². The topological polar surface area (TPSA) is 52.2 Å². The number of nitrogens with zero attached hydrogens (tertiary/aromatic N) is 4.